The summed E-state index contributed by atoms with van der Waals surface area (Å²) in [5, 5.41) is 3.74. The smallest absolute Gasteiger partial charge is 0.261 e. The molecule has 1 atom stereocenters. The predicted molar refractivity (Wildman–Crippen MR) is 123 cm³/mol. The molecule has 1 aliphatic carbocycles. The van der Waals surface area contributed by atoms with Crippen molar-refractivity contribution in [2.24, 2.45) is 0 Å². The third kappa shape index (κ3) is 7.00. The maximum absolute atomic E-state index is 13.1. The molecule has 0 unspecified atom stereocenters. The highest BCUT2D eigenvalue weighted by Crippen LogP contribution is 2.19. The molecule has 1 fully saturated rings. The maximum atomic E-state index is 13.1. The van der Waals surface area contributed by atoms with Gasteiger partial charge in [-0.15, -0.1) is 0 Å². The molecule has 0 aliphatic heterocycles. The van der Waals surface area contributed by atoms with Gasteiger partial charge < -0.3 is 15.0 Å². The highest BCUT2D eigenvalue weighted by atomic mass is 35.5. The lowest BCUT2D eigenvalue weighted by molar-refractivity contribution is -0.142. The highest BCUT2D eigenvalue weighted by Gasteiger charge is 2.28. The largest absolute Gasteiger partial charge is 0.484 e. The monoisotopic (exact) mass is 442 g/mol. The first-order valence-corrected chi connectivity index (χ1v) is 11.3. The van der Waals surface area contributed by atoms with Gasteiger partial charge in [0.1, 0.15) is 11.8 Å². The van der Waals surface area contributed by atoms with Gasteiger partial charge in [0.05, 0.1) is 0 Å². The molecule has 0 aromatic heterocycles. The minimum atomic E-state index is -0.593. The summed E-state index contributed by atoms with van der Waals surface area (Å²) in [6.45, 7) is 4.01. The Balaban J connectivity index is 1.69. The molecule has 2 aromatic rings. The lowest BCUT2D eigenvalue weighted by Gasteiger charge is -2.31. The zero-order valence-electron chi connectivity index (χ0n) is 18.3. The minimum absolute atomic E-state index is 0.112. The van der Waals surface area contributed by atoms with Gasteiger partial charge in [0.2, 0.25) is 5.91 Å². The van der Waals surface area contributed by atoms with E-state index >= 15 is 0 Å². The normalized spacial score (nSPS) is 15.2. The Morgan fingerprint density at radius 1 is 1.06 bits per heavy atom. The summed E-state index contributed by atoms with van der Waals surface area (Å²) < 4.78 is 5.66. The van der Waals surface area contributed by atoms with Crippen molar-refractivity contribution in [1.29, 1.82) is 0 Å². The van der Waals surface area contributed by atoms with Crippen molar-refractivity contribution >= 4 is 23.4 Å². The molecule has 1 saturated carbocycles. The molecule has 0 radical (unpaired) electrons. The SMILES string of the molecule is Cc1ccc(CN(C(=O)COc2ccc(Cl)cc2)[C@@H](C)C(=O)NC2CCCCC2)cc1. The number of aryl methyl sites for hydroxylation is 1. The number of ether oxygens (including phenoxy) is 1. The fraction of sp³-hybridized carbons (Fsp3) is 0.440. The van der Waals surface area contributed by atoms with Crippen LogP contribution in [0.1, 0.15) is 50.2 Å². The zero-order valence-corrected chi connectivity index (χ0v) is 19.0. The van der Waals surface area contributed by atoms with Crippen LogP contribution >= 0.6 is 11.6 Å². The average molecular weight is 443 g/mol. The van der Waals surface area contributed by atoms with E-state index in [1.54, 1.807) is 36.1 Å². The van der Waals surface area contributed by atoms with Gasteiger partial charge in [0, 0.05) is 17.6 Å². The fourth-order valence-electron chi connectivity index (χ4n) is 3.80. The predicted octanol–water partition coefficient (Wildman–Crippen LogP) is 4.89. The Kier molecular flexibility index (Phi) is 8.35. The lowest BCUT2D eigenvalue weighted by atomic mass is 9.95. The van der Waals surface area contributed by atoms with Gasteiger partial charge in [-0.1, -0.05) is 60.7 Å². The van der Waals surface area contributed by atoms with Crippen molar-refractivity contribution in [1.82, 2.24) is 10.2 Å². The zero-order chi connectivity index (χ0) is 22.2. The standard InChI is InChI=1S/C25H31ClN2O3/c1-18-8-10-20(11-9-18)16-28(19(2)25(30)27-22-6-4-3-5-7-22)24(29)17-31-23-14-12-21(26)13-15-23/h8-15,19,22H,3-7,16-17H2,1-2H3,(H,27,30)/t19-/m0/s1. The van der Waals surface area contributed by atoms with Crippen LogP contribution in [0.25, 0.3) is 0 Å². The maximum Gasteiger partial charge on any atom is 0.261 e. The Hall–Kier alpha value is -2.53. The molecule has 6 heteroatoms. The van der Waals surface area contributed by atoms with Crippen LogP contribution < -0.4 is 10.1 Å². The van der Waals surface area contributed by atoms with Crippen molar-refractivity contribution in [2.75, 3.05) is 6.61 Å². The lowest BCUT2D eigenvalue weighted by Crippen LogP contribution is -2.51. The third-order valence-corrected chi connectivity index (χ3v) is 6.02. The van der Waals surface area contributed by atoms with Crippen molar-refractivity contribution in [3.05, 3.63) is 64.7 Å². The molecule has 2 aromatic carbocycles. The molecule has 31 heavy (non-hydrogen) atoms. The van der Waals surface area contributed by atoms with Gasteiger partial charge in [-0.05, 0) is 56.5 Å². The molecule has 1 aliphatic rings. The summed E-state index contributed by atoms with van der Waals surface area (Å²) in [5.41, 5.74) is 2.12. The van der Waals surface area contributed by atoms with Gasteiger partial charge in [-0.3, -0.25) is 9.59 Å². The summed E-state index contributed by atoms with van der Waals surface area (Å²) >= 11 is 5.91. The van der Waals surface area contributed by atoms with E-state index in [-0.39, 0.29) is 24.5 Å². The van der Waals surface area contributed by atoms with Gasteiger partial charge in [0.25, 0.3) is 5.91 Å². The fourth-order valence-corrected chi connectivity index (χ4v) is 3.93. The Morgan fingerprint density at radius 3 is 2.35 bits per heavy atom. The molecule has 166 valence electrons. The van der Waals surface area contributed by atoms with E-state index in [1.807, 2.05) is 31.2 Å². The molecule has 5 nitrogen and oxygen atoms in total. The second-order valence-corrected chi connectivity index (χ2v) is 8.71. The van der Waals surface area contributed by atoms with Gasteiger partial charge in [-0.25, -0.2) is 0 Å². The number of carbonyl (C=O) groups is 2. The number of hydrogen-bond acceptors (Lipinski definition) is 3. The first kappa shape index (κ1) is 23.1. The number of halogens is 1. The van der Waals surface area contributed by atoms with E-state index in [0.717, 1.165) is 36.8 Å². The van der Waals surface area contributed by atoms with Crippen LogP contribution in [0.5, 0.6) is 5.75 Å². The average Bonchev–Trinajstić information content (AvgIpc) is 2.78. The Labute approximate surface area is 189 Å². The van der Waals surface area contributed by atoms with Crippen LogP contribution in [-0.4, -0.2) is 35.4 Å². The Bertz CT molecular complexity index is 861. The molecule has 0 spiro atoms. The van der Waals surface area contributed by atoms with E-state index in [1.165, 1.54) is 6.42 Å². The quantitative estimate of drug-likeness (QED) is 0.633. The van der Waals surface area contributed by atoms with E-state index in [2.05, 4.69) is 5.32 Å². The van der Waals surface area contributed by atoms with Crippen LogP contribution in [0.4, 0.5) is 0 Å². The molecule has 1 N–H and O–H groups in total. The Morgan fingerprint density at radius 2 is 1.71 bits per heavy atom. The summed E-state index contributed by atoms with van der Waals surface area (Å²) in [6.07, 6.45) is 5.51. The van der Waals surface area contributed by atoms with Gasteiger partial charge >= 0.3 is 0 Å². The molecule has 3 rings (SSSR count). The number of hydrogen-bond donors (Lipinski definition) is 1. The summed E-state index contributed by atoms with van der Waals surface area (Å²) in [7, 11) is 0. The van der Waals surface area contributed by atoms with Crippen molar-refractivity contribution in [2.45, 2.75) is 64.6 Å². The number of rotatable bonds is 8. The van der Waals surface area contributed by atoms with Gasteiger partial charge in [0.15, 0.2) is 6.61 Å². The second kappa shape index (κ2) is 11.2. The van der Waals surface area contributed by atoms with Crippen molar-refractivity contribution in [3.8, 4) is 5.75 Å². The van der Waals surface area contributed by atoms with Crippen LogP contribution in [0, 0.1) is 6.92 Å². The topological polar surface area (TPSA) is 58.6 Å². The minimum Gasteiger partial charge on any atom is -0.484 e. The molecule has 0 saturated heterocycles. The van der Waals surface area contributed by atoms with E-state index in [4.69, 9.17) is 16.3 Å². The van der Waals surface area contributed by atoms with Crippen LogP contribution in [0.15, 0.2) is 48.5 Å². The first-order valence-electron chi connectivity index (χ1n) is 11.0. The summed E-state index contributed by atoms with van der Waals surface area (Å²) in [5.74, 6) is 0.216. The number of nitrogens with zero attached hydrogens (tertiary/aromatic N) is 1. The van der Waals surface area contributed by atoms with Crippen molar-refractivity contribution in [3.63, 3.8) is 0 Å². The molecule has 2 amide bonds. The number of nitrogens with one attached hydrogen (secondary N) is 1. The second-order valence-electron chi connectivity index (χ2n) is 8.27. The molecular formula is C25H31ClN2O3. The third-order valence-electron chi connectivity index (χ3n) is 5.77. The summed E-state index contributed by atoms with van der Waals surface area (Å²) in [4.78, 5) is 27.6. The number of amides is 2. The van der Waals surface area contributed by atoms with E-state index < -0.39 is 6.04 Å². The van der Waals surface area contributed by atoms with E-state index in [0.29, 0.717) is 17.3 Å². The molecule has 0 heterocycles. The first-order chi connectivity index (χ1) is 14.9. The van der Waals surface area contributed by atoms with E-state index in [9.17, 15) is 9.59 Å². The number of carbonyl (C=O) groups excluding carboxylic acids is 2. The summed E-state index contributed by atoms with van der Waals surface area (Å²) in [6, 6.07) is 14.5. The van der Waals surface area contributed by atoms with Gasteiger partial charge in [-0.2, -0.15) is 0 Å². The molecule has 0 bridgehead atoms. The van der Waals surface area contributed by atoms with Crippen LogP contribution in [0.3, 0.4) is 0 Å². The van der Waals surface area contributed by atoms with Crippen LogP contribution in [0.2, 0.25) is 5.02 Å². The molecular weight excluding hydrogens is 412 g/mol. The number of benzene rings is 2. The van der Waals surface area contributed by atoms with Crippen molar-refractivity contribution < 1.29 is 14.3 Å². The van der Waals surface area contributed by atoms with Crippen LogP contribution in [-0.2, 0) is 16.1 Å². The highest BCUT2D eigenvalue weighted by molar-refractivity contribution is 6.30.